The highest BCUT2D eigenvalue weighted by molar-refractivity contribution is 6.29. The van der Waals surface area contributed by atoms with E-state index in [4.69, 9.17) is 11.6 Å². The topological polar surface area (TPSA) is 79.4 Å². The molecule has 1 N–H and O–H groups in total. The van der Waals surface area contributed by atoms with Crippen molar-refractivity contribution >= 4 is 29.3 Å². The van der Waals surface area contributed by atoms with E-state index in [-0.39, 0.29) is 47.3 Å². The van der Waals surface area contributed by atoms with E-state index in [0.29, 0.717) is 5.15 Å². The molecule has 138 valence electrons. The van der Waals surface area contributed by atoms with Crippen LogP contribution in [0.1, 0.15) is 45.1 Å². The summed E-state index contributed by atoms with van der Waals surface area (Å²) in [6.07, 6.45) is 3.51. The Bertz CT molecular complexity index is 786. The zero-order valence-corrected chi connectivity index (χ0v) is 15.8. The number of carbonyl (C=O) groups excluding carboxylic acids is 3. The van der Waals surface area contributed by atoms with Crippen molar-refractivity contribution in [1.82, 2.24) is 15.4 Å². The number of halogens is 1. The zero-order chi connectivity index (χ0) is 18.8. The average molecular weight is 376 g/mol. The fourth-order valence-corrected chi connectivity index (χ4v) is 4.94. The van der Waals surface area contributed by atoms with Crippen LogP contribution < -0.4 is 5.43 Å². The molecule has 5 atom stereocenters. The van der Waals surface area contributed by atoms with E-state index in [1.54, 1.807) is 33.0 Å². The number of hydrazine groups is 1. The Balaban J connectivity index is 1.57. The molecule has 1 saturated heterocycles. The van der Waals surface area contributed by atoms with E-state index in [1.807, 2.05) is 6.07 Å². The molecule has 0 aromatic carbocycles. The zero-order valence-electron chi connectivity index (χ0n) is 15.0. The van der Waals surface area contributed by atoms with Gasteiger partial charge in [-0.3, -0.25) is 19.8 Å². The number of amides is 3. The van der Waals surface area contributed by atoms with Crippen LogP contribution in [0.5, 0.6) is 0 Å². The number of nitrogens with zero attached hydrogens (tertiary/aromatic N) is 2. The van der Waals surface area contributed by atoms with Gasteiger partial charge >= 0.3 is 0 Å². The van der Waals surface area contributed by atoms with E-state index in [2.05, 4.69) is 10.4 Å². The summed E-state index contributed by atoms with van der Waals surface area (Å²) < 4.78 is 0. The lowest BCUT2D eigenvalue weighted by Gasteiger charge is -2.28. The number of nitrogens with one attached hydrogen (secondary N) is 1. The SMILES string of the molecule is CC(C)(C)C(=O)NN1C(=O)[C@@H]2[C@H]3C[C@H](C[C@@H]3c3ccc(Cl)nc3)[C@@H]2C1=O. The quantitative estimate of drug-likeness (QED) is 0.636. The fraction of sp³-hybridized carbons (Fsp3) is 0.579. The average Bonchev–Trinajstić information content (AvgIpc) is 3.22. The van der Waals surface area contributed by atoms with Gasteiger partial charge in [-0.05, 0) is 42.2 Å². The maximum Gasteiger partial charge on any atom is 0.252 e. The second-order valence-corrected chi connectivity index (χ2v) is 9.06. The summed E-state index contributed by atoms with van der Waals surface area (Å²) in [6.45, 7) is 5.25. The molecule has 1 aromatic heterocycles. The van der Waals surface area contributed by atoms with E-state index in [9.17, 15) is 14.4 Å². The highest BCUT2D eigenvalue weighted by Gasteiger charge is 2.64. The number of carbonyl (C=O) groups is 3. The van der Waals surface area contributed by atoms with Crippen LogP contribution in [0.4, 0.5) is 0 Å². The number of hydrogen-bond acceptors (Lipinski definition) is 4. The van der Waals surface area contributed by atoms with Gasteiger partial charge in [-0.2, -0.15) is 5.01 Å². The molecule has 26 heavy (non-hydrogen) atoms. The highest BCUT2D eigenvalue weighted by Crippen LogP contribution is 2.61. The second kappa shape index (κ2) is 5.78. The van der Waals surface area contributed by atoms with E-state index >= 15 is 0 Å². The van der Waals surface area contributed by atoms with Gasteiger partial charge < -0.3 is 0 Å². The predicted octanol–water partition coefficient (Wildman–Crippen LogP) is 2.54. The van der Waals surface area contributed by atoms with Gasteiger partial charge in [0, 0.05) is 11.6 Å². The van der Waals surface area contributed by atoms with Crippen molar-refractivity contribution in [2.45, 2.75) is 39.5 Å². The molecule has 7 heteroatoms. The van der Waals surface area contributed by atoms with Crippen LogP contribution in [0, 0.1) is 29.1 Å². The molecular weight excluding hydrogens is 354 g/mol. The van der Waals surface area contributed by atoms with Gasteiger partial charge in [0.2, 0.25) is 5.91 Å². The largest absolute Gasteiger partial charge is 0.273 e. The maximum absolute atomic E-state index is 12.9. The van der Waals surface area contributed by atoms with Crippen LogP contribution in [-0.2, 0) is 14.4 Å². The van der Waals surface area contributed by atoms with Crippen molar-refractivity contribution in [3.8, 4) is 0 Å². The van der Waals surface area contributed by atoms with Gasteiger partial charge in [0.1, 0.15) is 5.15 Å². The number of rotatable bonds is 2. The smallest absolute Gasteiger partial charge is 0.252 e. The monoisotopic (exact) mass is 375 g/mol. The van der Waals surface area contributed by atoms with Gasteiger partial charge in [-0.1, -0.05) is 38.4 Å². The lowest BCUT2D eigenvalue weighted by Crippen LogP contribution is -2.50. The first-order valence-electron chi connectivity index (χ1n) is 8.99. The molecular formula is C19H22ClN3O3. The standard InChI is InChI=1S/C19H22ClN3O3/c1-19(2,3)18(26)22-23-16(24)14-10-6-11(9-4-5-13(20)21-8-9)12(7-10)15(14)17(23)25/h4-5,8,10-12,14-15H,6-7H2,1-3H3,(H,22,26)/t10-,11+,12-,14-,15+/m0/s1. The summed E-state index contributed by atoms with van der Waals surface area (Å²) in [6, 6.07) is 3.72. The summed E-state index contributed by atoms with van der Waals surface area (Å²) in [7, 11) is 0. The van der Waals surface area contributed by atoms with Crippen molar-refractivity contribution in [2.75, 3.05) is 0 Å². The molecule has 2 saturated carbocycles. The molecule has 3 amide bonds. The van der Waals surface area contributed by atoms with E-state index in [1.165, 1.54) is 0 Å². The van der Waals surface area contributed by atoms with E-state index in [0.717, 1.165) is 23.4 Å². The number of aromatic nitrogens is 1. The first-order chi connectivity index (χ1) is 12.2. The Hall–Kier alpha value is -1.95. The summed E-state index contributed by atoms with van der Waals surface area (Å²) in [5.74, 6) is -0.994. The molecule has 2 aliphatic carbocycles. The Morgan fingerprint density at radius 2 is 1.88 bits per heavy atom. The van der Waals surface area contributed by atoms with Crippen LogP contribution >= 0.6 is 11.6 Å². The molecule has 2 heterocycles. The molecule has 2 bridgehead atoms. The molecule has 6 nitrogen and oxygen atoms in total. The number of fused-ring (bicyclic) bond motifs is 5. The van der Waals surface area contributed by atoms with Crippen molar-refractivity contribution in [1.29, 1.82) is 0 Å². The minimum Gasteiger partial charge on any atom is -0.273 e. The van der Waals surface area contributed by atoms with Crippen molar-refractivity contribution in [3.05, 3.63) is 29.0 Å². The van der Waals surface area contributed by atoms with Gasteiger partial charge in [0.05, 0.1) is 11.8 Å². The molecule has 3 fully saturated rings. The Morgan fingerprint density at radius 3 is 2.50 bits per heavy atom. The predicted molar refractivity (Wildman–Crippen MR) is 94.6 cm³/mol. The van der Waals surface area contributed by atoms with Crippen LogP contribution in [0.3, 0.4) is 0 Å². The lowest BCUT2D eigenvalue weighted by atomic mass is 9.73. The number of imide groups is 1. The van der Waals surface area contributed by atoms with Crippen molar-refractivity contribution in [3.63, 3.8) is 0 Å². The normalized spacial score (nSPS) is 32.9. The third kappa shape index (κ3) is 2.54. The maximum atomic E-state index is 12.9. The van der Waals surface area contributed by atoms with Gasteiger partial charge in [-0.25, -0.2) is 4.98 Å². The Kier molecular flexibility index (Phi) is 3.88. The van der Waals surface area contributed by atoms with E-state index < -0.39 is 5.41 Å². The Labute approximate surface area is 157 Å². The molecule has 4 rings (SSSR count). The second-order valence-electron chi connectivity index (χ2n) is 8.67. The van der Waals surface area contributed by atoms with Crippen LogP contribution in [0.2, 0.25) is 5.15 Å². The van der Waals surface area contributed by atoms with Gasteiger partial charge in [0.15, 0.2) is 0 Å². The summed E-state index contributed by atoms with van der Waals surface area (Å²) in [5.41, 5.74) is 2.94. The number of pyridine rings is 1. The number of hydrogen-bond donors (Lipinski definition) is 1. The molecule has 1 aliphatic heterocycles. The van der Waals surface area contributed by atoms with Crippen LogP contribution in [-0.4, -0.2) is 27.7 Å². The van der Waals surface area contributed by atoms with Gasteiger partial charge in [0.25, 0.3) is 11.8 Å². The summed E-state index contributed by atoms with van der Waals surface area (Å²) in [4.78, 5) is 42.1. The fourth-order valence-electron chi connectivity index (χ4n) is 4.83. The molecule has 0 unspecified atom stereocenters. The minimum absolute atomic E-state index is 0.112. The van der Waals surface area contributed by atoms with Crippen LogP contribution in [0.15, 0.2) is 18.3 Å². The van der Waals surface area contributed by atoms with Crippen LogP contribution in [0.25, 0.3) is 0 Å². The van der Waals surface area contributed by atoms with Crippen molar-refractivity contribution < 1.29 is 14.4 Å². The molecule has 0 radical (unpaired) electrons. The lowest BCUT2D eigenvalue weighted by molar-refractivity contribution is -0.152. The molecule has 3 aliphatic rings. The molecule has 1 aromatic rings. The first-order valence-corrected chi connectivity index (χ1v) is 9.36. The molecule has 0 spiro atoms. The minimum atomic E-state index is -0.672. The third-order valence-electron chi connectivity index (χ3n) is 6.09. The summed E-state index contributed by atoms with van der Waals surface area (Å²) in [5, 5.41) is 1.42. The first kappa shape index (κ1) is 17.5. The summed E-state index contributed by atoms with van der Waals surface area (Å²) >= 11 is 5.88. The van der Waals surface area contributed by atoms with Gasteiger partial charge in [-0.15, -0.1) is 0 Å². The highest BCUT2D eigenvalue weighted by atomic mass is 35.5. The van der Waals surface area contributed by atoms with Crippen molar-refractivity contribution in [2.24, 2.45) is 29.1 Å². The third-order valence-corrected chi connectivity index (χ3v) is 6.31. The Morgan fingerprint density at radius 1 is 1.19 bits per heavy atom.